The Labute approximate surface area is 83.5 Å². The molecule has 13 heavy (non-hydrogen) atoms. The second kappa shape index (κ2) is 3.46. The first kappa shape index (κ1) is 10.2. The van der Waals surface area contributed by atoms with Crippen LogP contribution >= 0.6 is 15.9 Å². The highest BCUT2D eigenvalue weighted by Gasteiger charge is 2.17. The number of ketones is 1. The zero-order valence-corrected chi connectivity index (χ0v) is 8.77. The molecule has 0 bridgehead atoms. The Balaban J connectivity index is 3.56. The maximum Gasteiger partial charge on any atom is 0.165 e. The maximum atomic E-state index is 13.0. The number of carbonyl (C=O) groups is 1. The van der Waals surface area contributed by atoms with Gasteiger partial charge in [0.05, 0.1) is 5.56 Å². The molecule has 0 aromatic heterocycles. The number of benzene rings is 1. The van der Waals surface area contributed by atoms with E-state index in [0.29, 0.717) is 10.0 Å². The van der Waals surface area contributed by atoms with E-state index in [1.165, 1.54) is 13.0 Å². The Morgan fingerprint density at radius 3 is 2.62 bits per heavy atom. The van der Waals surface area contributed by atoms with E-state index in [4.69, 9.17) is 0 Å². The normalized spacial score (nSPS) is 10.2. The molecule has 0 aliphatic carbocycles. The standard InChI is InChI=1S/C9H8BrFO2/c1-4-3-6(11)9(13)7(5(2)12)8(4)10/h3,13H,1-2H3. The van der Waals surface area contributed by atoms with E-state index >= 15 is 0 Å². The lowest BCUT2D eigenvalue weighted by Crippen LogP contribution is -1.98. The lowest BCUT2D eigenvalue weighted by molar-refractivity contribution is 0.101. The number of hydrogen-bond acceptors (Lipinski definition) is 2. The third-order valence-corrected chi connectivity index (χ3v) is 2.75. The van der Waals surface area contributed by atoms with Gasteiger partial charge in [0.15, 0.2) is 17.3 Å². The Kier molecular flexibility index (Phi) is 2.71. The van der Waals surface area contributed by atoms with Crippen LogP contribution in [-0.4, -0.2) is 10.9 Å². The van der Waals surface area contributed by atoms with Gasteiger partial charge in [-0.1, -0.05) is 0 Å². The Morgan fingerprint density at radius 2 is 2.15 bits per heavy atom. The summed E-state index contributed by atoms with van der Waals surface area (Å²) >= 11 is 3.12. The molecule has 1 rings (SSSR count). The monoisotopic (exact) mass is 246 g/mol. The van der Waals surface area contributed by atoms with Crippen molar-refractivity contribution in [3.8, 4) is 5.75 Å². The van der Waals surface area contributed by atoms with Gasteiger partial charge in [-0.05, 0) is 41.4 Å². The number of phenolic OH excluding ortho intramolecular Hbond substituents is 1. The summed E-state index contributed by atoms with van der Waals surface area (Å²) in [5.41, 5.74) is 0.581. The number of halogens is 2. The van der Waals surface area contributed by atoms with Gasteiger partial charge in [-0.3, -0.25) is 4.79 Å². The summed E-state index contributed by atoms with van der Waals surface area (Å²) in [5, 5.41) is 9.25. The fourth-order valence-electron chi connectivity index (χ4n) is 1.06. The molecule has 0 aliphatic rings. The van der Waals surface area contributed by atoms with Crippen LogP contribution in [0.5, 0.6) is 5.75 Å². The average Bonchev–Trinajstić information content (AvgIpc) is 2.01. The number of carbonyl (C=O) groups excluding carboxylic acids is 1. The van der Waals surface area contributed by atoms with Crippen molar-refractivity contribution in [2.75, 3.05) is 0 Å². The second-order valence-electron chi connectivity index (χ2n) is 2.77. The predicted molar refractivity (Wildman–Crippen MR) is 50.5 cm³/mol. The molecule has 2 nitrogen and oxygen atoms in total. The number of Topliss-reactive ketones (excluding diaryl/α,β-unsaturated/α-hetero) is 1. The van der Waals surface area contributed by atoms with Crippen LogP contribution in [-0.2, 0) is 0 Å². The molecule has 0 radical (unpaired) electrons. The highest BCUT2D eigenvalue weighted by Crippen LogP contribution is 2.31. The molecule has 1 aromatic rings. The summed E-state index contributed by atoms with van der Waals surface area (Å²) in [5.74, 6) is -1.73. The molecule has 0 unspecified atom stereocenters. The molecule has 0 fully saturated rings. The van der Waals surface area contributed by atoms with E-state index in [1.54, 1.807) is 6.92 Å². The third kappa shape index (κ3) is 1.72. The zero-order valence-electron chi connectivity index (χ0n) is 7.19. The molecule has 1 aromatic carbocycles. The molecule has 0 spiro atoms. The van der Waals surface area contributed by atoms with Gasteiger partial charge in [0.2, 0.25) is 0 Å². The van der Waals surface area contributed by atoms with E-state index in [9.17, 15) is 14.3 Å². The van der Waals surface area contributed by atoms with Gasteiger partial charge >= 0.3 is 0 Å². The van der Waals surface area contributed by atoms with Gasteiger partial charge in [0, 0.05) is 4.47 Å². The van der Waals surface area contributed by atoms with Crippen LogP contribution in [0, 0.1) is 12.7 Å². The molecular weight excluding hydrogens is 239 g/mol. The first-order chi connectivity index (χ1) is 5.95. The Bertz CT molecular complexity index is 348. The number of aromatic hydroxyl groups is 1. The van der Waals surface area contributed by atoms with E-state index < -0.39 is 11.6 Å². The minimum atomic E-state index is -0.772. The van der Waals surface area contributed by atoms with Crippen LogP contribution in [0.25, 0.3) is 0 Å². The zero-order chi connectivity index (χ0) is 10.2. The third-order valence-electron chi connectivity index (χ3n) is 1.72. The van der Waals surface area contributed by atoms with Crippen LogP contribution in [0.3, 0.4) is 0 Å². The number of phenols is 1. The fourth-order valence-corrected chi connectivity index (χ4v) is 1.65. The Morgan fingerprint density at radius 1 is 1.62 bits per heavy atom. The molecule has 70 valence electrons. The molecule has 0 saturated heterocycles. The molecular formula is C9H8BrFO2. The number of hydrogen-bond donors (Lipinski definition) is 1. The van der Waals surface area contributed by atoms with Crippen LogP contribution in [0.1, 0.15) is 22.8 Å². The largest absolute Gasteiger partial charge is 0.504 e. The van der Waals surface area contributed by atoms with Gasteiger partial charge in [-0.2, -0.15) is 0 Å². The van der Waals surface area contributed by atoms with E-state index in [-0.39, 0.29) is 11.3 Å². The average molecular weight is 247 g/mol. The summed E-state index contributed by atoms with van der Waals surface area (Å²) in [6.07, 6.45) is 0. The highest BCUT2D eigenvalue weighted by atomic mass is 79.9. The van der Waals surface area contributed by atoms with Crippen molar-refractivity contribution in [3.63, 3.8) is 0 Å². The highest BCUT2D eigenvalue weighted by molar-refractivity contribution is 9.10. The van der Waals surface area contributed by atoms with Crippen molar-refractivity contribution in [3.05, 3.63) is 27.5 Å². The first-order valence-corrected chi connectivity index (χ1v) is 4.43. The molecule has 4 heteroatoms. The Hall–Kier alpha value is -0.900. The van der Waals surface area contributed by atoms with Gasteiger partial charge in [0.1, 0.15) is 0 Å². The summed E-state index contributed by atoms with van der Waals surface area (Å²) in [7, 11) is 0. The minimum absolute atomic E-state index is 0.00231. The van der Waals surface area contributed by atoms with Crippen molar-refractivity contribution in [1.29, 1.82) is 0 Å². The van der Waals surface area contributed by atoms with Gasteiger partial charge in [-0.25, -0.2) is 4.39 Å². The molecule has 0 atom stereocenters. The van der Waals surface area contributed by atoms with E-state index in [0.717, 1.165) is 0 Å². The van der Waals surface area contributed by atoms with Gasteiger partial charge < -0.3 is 5.11 Å². The molecule has 0 heterocycles. The quantitative estimate of drug-likeness (QED) is 0.774. The smallest absolute Gasteiger partial charge is 0.165 e. The van der Waals surface area contributed by atoms with Crippen molar-refractivity contribution in [2.24, 2.45) is 0 Å². The minimum Gasteiger partial charge on any atom is -0.504 e. The van der Waals surface area contributed by atoms with E-state index in [1.807, 2.05) is 0 Å². The predicted octanol–water partition coefficient (Wildman–Crippen LogP) is 2.80. The van der Waals surface area contributed by atoms with Crippen molar-refractivity contribution >= 4 is 21.7 Å². The van der Waals surface area contributed by atoms with Gasteiger partial charge in [0.25, 0.3) is 0 Å². The number of aryl methyl sites for hydroxylation is 1. The lowest BCUT2D eigenvalue weighted by Gasteiger charge is -2.07. The molecule has 0 aliphatic heterocycles. The SMILES string of the molecule is CC(=O)c1c(O)c(F)cc(C)c1Br. The summed E-state index contributed by atoms with van der Waals surface area (Å²) in [6.45, 7) is 2.93. The van der Waals surface area contributed by atoms with Crippen LogP contribution in [0.2, 0.25) is 0 Å². The van der Waals surface area contributed by atoms with E-state index in [2.05, 4.69) is 15.9 Å². The van der Waals surface area contributed by atoms with Crippen LogP contribution < -0.4 is 0 Å². The van der Waals surface area contributed by atoms with Crippen molar-refractivity contribution < 1.29 is 14.3 Å². The number of rotatable bonds is 1. The first-order valence-electron chi connectivity index (χ1n) is 3.63. The van der Waals surface area contributed by atoms with Crippen molar-refractivity contribution in [1.82, 2.24) is 0 Å². The summed E-state index contributed by atoms with van der Waals surface area (Å²) in [6, 6.07) is 1.17. The van der Waals surface area contributed by atoms with Crippen LogP contribution in [0.15, 0.2) is 10.5 Å². The van der Waals surface area contributed by atoms with Gasteiger partial charge in [-0.15, -0.1) is 0 Å². The molecule has 0 amide bonds. The topological polar surface area (TPSA) is 37.3 Å². The van der Waals surface area contributed by atoms with Crippen LogP contribution in [0.4, 0.5) is 4.39 Å². The summed E-state index contributed by atoms with van der Waals surface area (Å²) in [4.78, 5) is 11.0. The fraction of sp³-hybridized carbons (Fsp3) is 0.222. The van der Waals surface area contributed by atoms with Crippen molar-refractivity contribution in [2.45, 2.75) is 13.8 Å². The maximum absolute atomic E-state index is 13.0. The lowest BCUT2D eigenvalue weighted by atomic mass is 10.1. The molecule has 1 N–H and O–H groups in total. The second-order valence-corrected chi connectivity index (χ2v) is 3.56. The molecule has 0 saturated carbocycles. The summed E-state index contributed by atoms with van der Waals surface area (Å²) < 4.78 is 13.4.